The number of piperazine rings is 1. The van der Waals surface area contributed by atoms with Crippen LogP contribution in [0.4, 0.5) is 4.79 Å². The number of rotatable bonds is 5. The summed E-state index contributed by atoms with van der Waals surface area (Å²) in [4.78, 5) is 25.5. The zero-order valence-corrected chi connectivity index (χ0v) is 15.3. The lowest BCUT2D eigenvalue weighted by molar-refractivity contribution is -0.121. The molecule has 1 aromatic carbocycles. The van der Waals surface area contributed by atoms with Crippen molar-refractivity contribution in [1.29, 1.82) is 0 Å². The van der Waals surface area contributed by atoms with E-state index < -0.39 is 22.0 Å². The number of amides is 3. The second-order valence-corrected chi connectivity index (χ2v) is 8.11. The molecular weight excluding hydrogens is 344 g/mol. The zero-order chi connectivity index (χ0) is 18.4. The molecule has 1 aromatic rings. The van der Waals surface area contributed by atoms with Crippen molar-refractivity contribution < 1.29 is 18.0 Å². The van der Waals surface area contributed by atoms with E-state index in [4.69, 9.17) is 0 Å². The van der Waals surface area contributed by atoms with Crippen LogP contribution in [0.25, 0.3) is 0 Å². The molecule has 1 heterocycles. The van der Waals surface area contributed by atoms with Gasteiger partial charge in [0, 0.05) is 32.2 Å². The second kappa shape index (κ2) is 8.41. The van der Waals surface area contributed by atoms with E-state index in [0.717, 1.165) is 0 Å². The minimum Gasteiger partial charge on any atom is -0.336 e. The Bertz CT molecular complexity index is 698. The minimum absolute atomic E-state index is 0.0560. The number of nitrogens with zero attached hydrogens (tertiary/aromatic N) is 2. The highest BCUT2D eigenvalue weighted by molar-refractivity contribution is 7.89. The SMILES string of the molecule is CC(C)NC(=O)NC(=O)CN1CCN(S(=O)(=O)c2ccccc2)CC1. The van der Waals surface area contributed by atoms with Crippen molar-refractivity contribution in [2.45, 2.75) is 24.8 Å². The summed E-state index contributed by atoms with van der Waals surface area (Å²) in [7, 11) is -3.50. The Morgan fingerprint density at radius 1 is 1.08 bits per heavy atom. The maximum Gasteiger partial charge on any atom is 0.321 e. The van der Waals surface area contributed by atoms with Gasteiger partial charge in [0.25, 0.3) is 0 Å². The Hall–Kier alpha value is -1.97. The number of hydrogen-bond donors (Lipinski definition) is 2. The number of nitrogens with one attached hydrogen (secondary N) is 2. The van der Waals surface area contributed by atoms with E-state index in [1.807, 2.05) is 4.90 Å². The van der Waals surface area contributed by atoms with Crippen LogP contribution < -0.4 is 10.6 Å². The summed E-state index contributed by atoms with van der Waals surface area (Å²) < 4.78 is 26.5. The van der Waals surface area contributed by atoms with Gasteiger partial charge < -0.3 is 5.32 Å². The zero-order valence-electron chi connectivity index (χ0n) is 14.4. The molecule has 2 rings (SSSR count). The summed E-state index contributed by atoms with van der Waals surface area (Å²) in [5, 5.41) is 4.84. The molecular formula is C16H24N4O4S. The van der Waals surface area contributed by atoms with E-state index in [0.29, 0.717) is 26.2 Å². The van der Waals surface area contributed by atoms with Gasteiger partial charge in [-0.2, -0.15) is 4.31 Å². The fourth-order valence-electron chi connectivity index (χ4n) is 2.54. The number of carbonyl (C=O) groups is 2. The average Bonchev–Trinajstić information content (AvgIpc) is 2.55. The van der Waals surface area contributed by atoms with Crippen molar-refractivity contribution in [2.75, 3.05) is 32.7 Å². The topological polar surface area (TPSA) is 98.8 Å². The van der Waals surface area contributed by atoms with Crippen molar-refractivity contribution in [2.24, 2.45) is 0 Å². The molecule has 1 saturated heterocycles. The first-order valence-electron chi connectivity index (χ1n) is 8.17. The van der Waals surface area contributed by atoms with Crippen molar-refractivity contribution in [3.05, 3.63) is 30.3 Å². The second-order valence-electron chi connectivity index (χ2n) is 6.17. The number of imide groups is 1. The van der Waals surface area contributed by atoms with Gasteiger partial charge in [-0.25, -0.2) is 13.2 Å². The third kappa shape index (κ3) is 5.52. The molecule has 1 aliphatic heterocycles. The molecule has 8 nitrogen and oxygen atoms in total. The minimum atomic E-state index is -3.50. The highest BCUT2D eigenvalue weighted by Crippen LogP contribution is 2.16. The molecule has 0 aliphatic carbocycles. The number of benzene rings is 1. The van der Waals surface area contributed by atoms with Gasteiger partial charge in [-0.3, -0.25) is 15.0 Å². The molecule has 0 radical (unpaired) electrons. The third-order valence-electron chi connectivity index (χ3n) is 3.75. The molecule has 138 valence electrons. The lowest BCUT2D eigenvalue weighted by atomic mass is 10.3. The Labute approximate surface area is 148 Å². The van der Waals surface area contributed by atoms with Gasteiger partial charge in [-0.1, -0.05) is 18.2 Å². The van der Waals surface area contributed by atoms with E-state index in [-0.39, 0.29) is 17.5 Å². The van der Waals surface area contributed by atoms with Gasteiger partial charge in [0.15, 0.2) is 0 Å². The molecule has 0 spiro atoms. The van der Waals surface area contributed by atoms with Crippen LogP contribution in [0.5, 0.6) is 0 Å². The molecule has 0 aromatic heterocycles. The van der Waals surface area contributed by atoms with Crippen molar-refractivity contribution in [3.8, 4) is 0 Å². The quantitative estimate of drug-likeness (QED) is 0.775. The molecule has 1 aliphatic rings. The Balaban J connectivity index is 1.84. The van der Waals surface area contributed by atoms with Crippen LogP contribution in [-0.2, 0) is 14.8 Å². The summed E-state index contributed by atoms with van der Waals surface area (Å²) in [5.41, 5.74) is 0. The summed E-state index contributed by atoms with van der Waals surface area (Å²) in [6.45, 7) is 5.15. The number of sulfonamides is 1. The van der Waals surface area contributed by atoms with Crippen molar-refractivity contribution >= 4 is 22.0 Å². The number of carbonyl (C=O) groups excluding carboxylic acids is 2. The van der Waals surface area contributed by atoms with Crippen LogP contribution in [0, 0.1) is 0 Å². The first kappa shape index (κ1) is 19.4. The highest BCUT2D eigenvalue weighted by Gasteiger charge is 2.29. The van der Waals surface area contributed by atoms with E-state index in [1.54, 1.807) is 44.2 Å². The van der Waals surface area contributed by atoms with Crippen LogP contribution in [-0.4, -0.2) is 68.3 Å². The lowest BCUT2D eigenvalue weighted by Gasteiger charge is -2.33. The van der Waals surface area contributed by atoms with Gasteiger partial charge in [0.2, 0.25) is 15.9 Å². The largest absolute Gasteiger partial charge is 0.336 e. The maximum atomic E-state index is 12.5. The first-order chi connectivity index (χ1) is 11.8. The van der Waals surface area contributed by atoms with Crippen molar-refractivity contribution in [3.63, 3.8) is 0 Å². The normalized spacial score (nSPS) is 16.6. The van der Waals surface area contributed by atoms with Gasteiger partial charge >= 0.3 is 6.03 Å². The Kier molecular flexibility index (Phi) is 6.51. The van der Waals surface area contributed by atoms with Gasteiger partial charge in [-0.15, -0.1) is 0 Å². The summed E-state index contributed by atoms with van der Waals surface area (Å²) >= 11 is 0. The van der Waals surface area contributed by atoms with E-state index in [1.165, 1.54) is 4.31 Å². The smallest absolute Gasteiger partial charge is 0.321 e. The monoisotopic (exact) mass is 368 g/mol. The fourth-order valence-corrected chi connectivity index (χ4v) is 3.98. The molecule has 25 heavy (non-hydrogen) atoms. The molecule has 0 bridgehead atoms. The summed E-state index contributed by atoms with van der Waals surface area (Å²) in [6, 6.07) is 7.71. The number of hydrogen-bond acceptors (Lipinski definition) is 5. The Morgan fingerprint density at radius 3 is 2.24 bits per heavy atom. The van der Waals surface area contributed by atoms with Gasteiger partial charge in [-0.05, 0) is 26.0 Å². The van der Waals surface area contributed by atoms with E-state index >= 15 is 0 Å². The highest BCUT2D eigenvalue weighted by atomic mass is 32.2. The van der Waals surface area contributed by atoms with Crippen LogP contribution in [0.3, 0.4) is 0 Å². The predicted octanol–water partition coefficient (Wildman–Crippen LogP) is 0.227. The number of urea groups is 1. The average molecular weight is 368 g/mol. The standard InChI is InChI=1S/C16H24N4O4S/c1-13(2)17-16(22)18-15(21)12-19-8-10-20(11-9-19)25(23,24)14-6-4-3-5-7-14/h3-7,13H,8-12H2,1-2H3,(H2,17,18,21,22). The van der Waals surface area contributed by atoms with E-state index in [2.05, 4.69) is 10.6 Å². The van der Waals surface area contributed by atoms with Crippen LogP contribution in [0.2, 0.25) is 0 Å². The molecule has 0 unspecified atom stereocenters. The molecule has 0 saturated carbocycles. The van der Waals surface area contributed by atoms with Crippen molar-refractivity contribution in [1.82, 2.24) is 19.8 Å². The van der Waals surface area contributed by atoms with Crippen LogP contribution in [0.15, 0.2) is 35.2 Å². The molecule has 2 N–H and O–H groups in total. The third-order valence-corrected chi connectivity index (χ3v) is 5.67. The first-order valence-corrected chi connectivity index (χ1v) is 9.61. The lowest BCUT2D eigenvalue weighted by Crippen LogP contribution is -2.52. The molecule has 0 atom stereocenters. The Morgan fingerprint density at radius 2 is 1.68 bits per heavy atom. The fraction of sp³-hybridized carbons (Fsp3) is 0.500. The predicted molar refractivity (Wildman–Crippen MR) is 93.5 cm³/mol. The summed E-state index contributed by atoms with van der Waals surface area (Å²) in [5.74, 6) is -0.405. The maximum absolute atomic E-state index is 12.5. The molecule has 1 fully saturated rings. The van der Waals surface area contributed by atoms with Gasteiger partial charge in [0.1, 0.15) is 0 Å². The molecule has 9 heteroatoms. The van der Waals surface area contributed by atoms with E-state index in [9.17, 15) is 18.0 Å². The van der Waals surface area contributed by atoms with Crippen LogP contribution >= 0.6 is 0 Å². The van der Waals surface area contributed by atoms with Gasteiger partial charge in [0.05, 0.1) is 11.4 Å². The van der Waals surface area contributed by atoms with Crippen LogP contribution in [0.1, 0.15) is 13.8 Å². The molecule has 3 amide bonds. The summed E-state index contributed by atoms with van der Waals surface area (Å²) in [6.07, 6.45) is 0.